The van der Waals surface area contributed by atoms with Gasteiger partial charge >= 0.3 is 0 Å². The standard InChI is InChI=1S/C19H25N5O/c1-23-14-16(12-21-23)18(25)22-17-9-19(10-17)4-7-24(8-5-19)13-15-3-2-6-20-11-15/h2-3,6,11-12,14,17H,4-5,7-10,13H2,1H3,(H,22,25). The van der Waals surface area contributed by atoms with E-state index in [1.807, 2.05) is 25.5 Å². The van der Waals surface area contributed by atoms with Crippen LogP contribution in [-0.4, -0.2) is 44.7 Å². The van der Waals surface area contributed by atoms with Crippen molar-refractivity contribution >= 4 is 5.91 Å². The molecule has 4 rings (SSSR count). The molecule has 0 unspecified atom stereocenters. The number of nitrogens with zero attached hydrogens (tertiary/aromatic N) is 4. The Labute approximate surface area is 148 Å². The van der Waals surface area contributed by atoms with Crippen LogP contribution in [0.25, 0.3) is 0 Å². The molecule has 2 aromatic rings. The Hall–Kier alpha value is -2.21. The number of carbonyl (C=O) groups excluding carboxylic acids is 1. The molecule has 0 radical (unpaired) electrons. The van der Waals surface area contributed by atoms with E-state index in [0.29, 0.717) is 17.0 Å². The quantitative estimate of drug-likeness (QED) is 0.925. The molecule has 1 amide bonds. The molecular weight excluding hydrogens is 314 g/mol. The van der Waals surface area contributed by atoms with Gasteiger partial charge in [0.05, 0.1) is 11.8 Å². The van der Waals surface area contributed by atoms with Crippen LogP contribution in [0, 0.1) is 5.41 Å². The second-order valence-corrected chi connectivity index (χ2v) is 7.62. The van der Waals surface area contributed by atoms with Gasteiger partial charge in [0.2, 0.25) is 0 Å². The largest absolute Gasteiger partial charge is 0.349 e. The van der Waals surface area contributed by atoms with Crippen molar-refractivity contribution in [3.05, 3.63) is 48.0 Å². The second kappa shape index (κ2) is 6.59. The third-order valence-electron chi connectivity index (χ3n) is 5.71. The first-order chi connectivity index (χ1) is 12.1. The Morgan fingerprint density at radius 1 is 1.32 bits per heavy atom. The minimum absolute atomic E-state index is 0.00182. The van der Waals surface area contributed by atoms with Gasteiger partial charge in [-0.25, -0.2) is 0 Å². The summed E-state index contributed by atoms with van der Waals surface area (Å²) in [7, 11) is 1.83. The Kier molecular flexibility index (Phi) is 4.29. The lowest BCUT2D eigenvalue weighted by Crippen LogP contribution is -2.54. The number of piperidine rings is 1. The normalized spacial score (nSPS) is 20.4. The SMILES string of the molecule is Cn1cc(C(=O)NC2CC3(CCN(Cc4cccnc4)CC3)C2)cn1. The fourth-order valence-corrected chi connectivity index (χ4v) is 4.24. The molecule has 6 nitrogen and oxygen atoms in total. The van der Waals surface area contributed by atoms with Crippen molar-refractivity contribution in [2.24, 2.45) is 12.5 Å². The van der Waals surface area contributed by atoms with Crippen molar-refractivity contribution in [2.75, 3.05) is 13.1 Å². The van der Waals surface area contributed by atoms with Crippen LogP contribution in [0.15, 0.2) is 36.9 Å². The van der Waals surface area contributed by atoms with E-state index in [2.05, 4.69) is 26.4 Å². The van der Waals surface area contributed by atoms with Crippen LogP contribution < -0.4 is 5.32 Å². The number of carbonyl (C=O) groups is 1. The summed E-state index contributed by atoms with van der Waals surface area (Å²) in [6.45, 7) is 3.27. The second-order valence-electron chi connectivity index (χ2n) is 7.62. The first-order valence-corrected chi connectivity index (χ1v) is 9.03. The first kappa shape index (κ1) is 16.3. The number of hydrogen-bond acceptors (Lipinski definition) is 4. The summed E-state index contributed by atoms with van der Waals surface area (Å²) in [4.78, 5) is 18.9. The lowest BCUT2D eigenvalue weighted by Gasteiger charge is -2.52. The van der Waals surface area contributed by atoms with Crippen molar-refractivity contribution in [1.82, 2.24) is 25.0 Å². The monoisotopic (exact) mass is 339 g/mol. The summed E-state index contributed by atoms with van der Waals surface area (Å²) in [5, 5.41) is 7.22. The van der Waals surface area contributed by atoms with E-state index in [-0.39, 0.29) is 5.91 Å². The van der Waals surface area contributed by atoms with E-state index < -0.39 is 0 Å². The molecule has 0 atom stereocenters. The van der Waals surface area contributed by atoms with Gasteiger partial charge in [-0.15, -0.1) is 0 Å². The first-order valence-electron chi connectivity index (χ1n) is 9.03. The van der Waals surface area contributed by atoms with Crippen LogP contribution >= 0.6 is 0 Å². The van der Waals surface area contributed by atoms with Crippen LogP contribution in [0.1, 0.15) is 41.6 Å². The van der Waals surface area contributed by atoms with E-state index in [1.54, 1.807) is 17.1 Å². The zero-order valence-corrected chi connectivity index (χ0v) is 14.7. The number of likely N-dealkylation sites (tertiary alicyclic amines) is 1. The van der Waals surface area contributed by atoms with Crippen LogP contribution in [0.2, 0.25) is 0 Å². The zero-order valence-electron chi connectivity index (χ0n) is 14.7. The van der Waals surface area contributed by atoms with Crippen molar-refractivity contribution in [1.29, 1.82) is 0 Å². The zero-order chi connectivity index (χ0) is 17.3. The highest BCUT2D eigenvalue weighted by Crippen LogP contribution is 2.49. The van der Waals surface area contributed by atoms with Gasteiger partial charge < -0.3 is 5.32 Å². The molecule has 2 aliphatic rings. The van der Waals surface area contributed by atoms with Crippen LogP contribution in [0.5, 0.6) is 0 Å². The molecule has 0 aromatic carbocycles. The lowest BCUT2D eigenvalue weighted by atomic mass is 9.60. The molecule has 3 heterocycles. The molecule has 6 heteroatoms. The molecule has 2 fully saturated rings. The maximum absolute atomic E-state index is 12.2. The summed E-state index contributed by atoms with van der Waals surface area (Å²) in [6, 6.07) is 4.46. The third-order valence-corrected chi connectivity index (χ3v) is 5.71. The van der Waals surface area contributed by atoms with Crippen molar-refractivity contribution in [3.8, 4) is 0 Å². The highest BCUT2D eigenvalue weighted by Gasteiger charge is 2.46. The van der Waals surface area contributed by atoms with Gasteiger partial charge in [0.15, 0.2) is 0 Å². The van der Waals surface area contributed by atoms with Crippen molar-refractivity contribution in [2.45, 2.75) is 38.3 Å². The average molecular weight is 339 g/mol. The van der Waals surface area contributed by atoms with Gasteiger partial charge in [0, 0.05) is 38.2 Å². The van der Waals surface area contributed by atoms with E-state index in [9.17, 15) is 4.79 Å². The lowest BCUT2D eigenvalue weighted by molar-refractivity contribution is 0.00465. The highest BCUT2D eigenvalue weighted by molar-refractivity contribution is 5.93. The summed E-state index contributed by atoms with van der Waals surface area (Å²) >= 11 is 0. The molecule has 132 valence electrons. The summed E-state index contributed by atoms with van der Waals surface area (Å²) in [6.07, 6.45) is 11.8. The fraction of sp³-hybridized carbons (Fsp3) is 0.526. The molecule has 1 saturated carbocycles. The summed E-state index contributed by atoms with van der Waals surface area (Å²) in [5.41, 5.74) is 2.38. The maximum atomic E-state index is 12.2. The van der Waals surface area contributed by atoms with E-state index >= 15 is 0 Å². The predicted molar refractivity (Wildman–Crippen MR) is 94.9 cm³/mol. The highest BCUT2D eigenvalue weighted by atomic mass is 16.1. The van der Waals surface area contributed by atoms with Crippen molar-refractivity contribution in [3.63, 3.8) is 0 Å². The molecule has 1 aliphatic heterocycles. The molecule has 25 heavy (non-hydrogen) atoms. The van der Waals surface area contributed by atoms with E-state index in [1.165, 1.54) is 18.4 Å². The van der Waals surface area contributed by atoms with Gasteiger partial charge in [-0.2, -0.15) is 5.10 Å². The molecule has 1 saturated heterocycles. The van der Waals surface area contributed by atoms with E-state index in [0.717, 1.165) is 32.5 Å². The molecule has 1 N–H and O–H groups in total. The number of amides is 1. The van der Waals surface area contributed by atoms with Crippen LogP contribution in [0.3, 0.4) is 0 Å². The summed E-state index contributed by atoms with van der Waals surface area (Å²) < 4.78 is 1.66. The van der Waals surface area contributed by atoms with E-state index in [4.69, 9.17) is 0 Å². The Morgan fingerprint density at radius 2 is 2.12 bits per heavy atom. The number of pyridine rings is 1. The van der Waals surface area contributed by atoms with Gasteiger partial charge in [-0.1, -0.05) is 6.07 Å². The van der Waals surface area contributed by atoms with Gasteiger partial charge in [0.25, 0.3) is 5.91 Å². The van der Waals surface area contributed by atoms with Crippen molar-refractivity contribution < 1.29 is 4.79 Å². The maximum Gasteiger partial charge on any atom is 0.254 e. The predicted octanol–water partition coefficient (Wildman–Crippen LogP) is 1.99. The number of hydrogen-bond donors (Lipinski definition) is 1. The average Bonchev–Trinajstić information content (AvgIpc) is 3.03. The molecule has 2 aromatic heterocycles. The number of nitrogens with one attached hydrogen (secondary N) is 1. The fourth-order valence-electron chi connectivity index (χ4n) is 4.24. The van der Waals surface area contributed by atoms with Gasteiger partial charge in [0.1, 0.15) is 0 Å². The Balaban J connectivity index is 1.23. The minimum Gasteiger partial charge on any atom is -0.349 e. The topological polar surface area (TPSA) is 63.1 Å². The number of aryl methyl sites for hydroxylation is 1. The molecule has 1 spiro atoms. The van der Waals surface area contributed by atoms with Crippen LogP contribution in [-0.2, 0) is 13.6 Å². The van der Waals surface area contributed by atoms with Crippen LogP contribution in [0.4, 0.5) is 0 Å². The minimum atomic E-state index is 0.00182. The number of aromatic nitrogens is 3. The molecule has 0 bridgehead atoms. The van der Waals surface area contributed by atoms with Gasteiger partial charge in [-0.05, 0) is 55.8 Å². The third kappa shape index (κ3) is 3.58. The summed E-state index contributed by atoms with van der Waals surface area (Å²) in [5.74, 6) is 0.00182. The Morgan fingerprint density at radius 3 is 2.76 bits per heavy atom. The van der Waals surface area contributed by atoms with Gasteiger partial charge in [-0.3, -0.25) is 19.4 Å². The number of rotatable bonds is 4. The Bertz CT molecular complexity index is 725. The smallest absolute Gasteiger partial charge is 0.254 e. The molecule has 1 aliphatic carbocycles. The molecular formula is C19H25N5O.